The van der Waals surface area contributed by atoms with Gasteiger partial charge >= 0.3 is 6.09 Å². The van der Waals surface area contributed by atoms with Crippen LogP contribution in [-0.4, -0.2) is 34.8 Å². The van der Waals surface area contributed by atoms with Gasteiger partial charge in [-0.15, -0.1) is 0 Å². The molecule has 9 heteroatoms. The van der Waals surface area contributed by atoms with Crippen LogP contribution in [-0.2, 0) is 9.47 Å². The first kappa shape index (κ1) is 20.3. The lowest BCUT2D eigenvalue weighted by molar-refractivity contribution is -0.0626. The van der Waals surface area contributed by atoms with Crippen molar-refractivity contribution in [2.75, 3.05) is 6.61 Å². The number of nitrogens with zero attached hydrogens (tertiary/aromatic N) is 2. The number of nitrogens with two attached hydrogens (primary N) is 2. The summed E-state index contributed by atoms with van der Waals surface area (Å²) < 4.78 is 11.4. The van der Waals surface area contributed by atoms with E-state index >= 15 is 0 Å². The maximum atomic E-state index is 12.8. The molecular weight excluding hydrogens is 358 g/mol. The van der Waals surface area contributed by atoms with Crippen molar-refractivity contribution in [1.29, 1.82) is 0 Å². The van der Waals surface area contributed by atoms with Crippen molar-refractivity contribution in [1.82, 2.24) is 10.3 Å². The van der Waals surface area contributed by atoms with Gasteiger partial charge in [-0.05, 0) is 52.3 Å². The first-order chi connectivity index (χ1) is 12.0. The number of hydrazine groups is 1. The number of carbonyl (C=O) groups excluding carboxylic acids is 1. The van der Waals surface area contributed by atoms with Crippen LogP contribution in [0.2, 0.25) is 5.02 Å². The molecule has 0 saturated carbocycles. The molecule has 26 heavy (non-hydrogen) atoms. The Morgan fingerprint density at radius 2 is 2.12 bits per heavy atom. The average Bonchev–Trinajstić information content (AvgIpc) is 2.84. The van der Waals surface area contributed by atoms with Crippen LogP contribution in [0.1, 0.15) is 51.8 Å². The fourth-order valence-corrected chi connectivity index (χ4v) is 3.03. The fraction of sp³-hybridized carbons (Fsp3) is 0.529. The van der Waals surface area contributed by atoms with E-state index in [1.807, 2.05) is 40.7 Å². The number of hydrogen-bond acceptors (Lipinski definition) is 6. The molecule has 0 radical (unpaired) electrons. The summed E-state index contributed by atoms with van der Waals surface area (Å²) >= 11 is 6.23. The van der Waals surface area contributed by atoms with E-state index in [4.69, 9.17) is 32.8 Å². The van der Waals surface area contributed by atoms with E-state index in [-0.39, 0.29) is 11.9 Å². The third kappa shape index (κ3) is 4.20. The quantitative estimate of drug-likeness (QED) is 0.313. The predicted molar refractivity (Wildman–Crippen MR) is 100 cm³/mol. The van der Waals surface area contributed by atoms with E-state index in [9.17, 15) is 4.79 Å². The Morgan fingerprint density at radius 1 is 1.46 bits per heavy atom. The first-order valence-electron chi connectivity index (χ1n) is 8.21. The zero-order valence-corrected chi connectivity index (χ0v) is 16.4. The summed E-state index contributed by atoms with van der Waals surface area (Å²) in [6.07, 6.45) is -0.453. The van der Waals surface area contributed by atoms with Crippen LogP contribution in [0.25, 0.3) is 0 Å². The number of halogens is 1. The minimum absolute atomic E-state index is 0.235. The van der Waals surface area contributed by atoms with Crippen molar-refractivity contribution in [2.45, 2.75) is 52.0 Å². The largest absolute Gasteiger partial charge is 0.444 e. The minimum Gasteiger partial charge on any atom is -0.444 e. The third-order valence-electron chi connectivity index (χ3n) is 3.97. The Morgan fingerprint density at radius 3 is 2.65 bits per heavy atom. The van der Waals surface area contributed by atoms with E-state index in [0.29, 0.717) is 17.2 Å². The second kappa shape index (κ2) is 7.30. The molecule has 0 aliphatic carbocycles. The summed E-state index contributed by atoms with van der Waals surface area (Å²) in [7, 11) is 0. The Hall–Kier alpha value is -2.03. The lowest BCUT2D eigenvalue weighted by atomic mass is 10.0. The highest BCUT2D eigenvalue weighted by Gasteiger charge is 2.46. The summed E-state index contributed by atoms with van der Waals surface area (Å²) in [6, 6.07) is 4.95. The van der Waals surface area contributed by atoms with Gasteiger partial charge in [0.05, 0.1) is 17.7 Å². The number of hydrogen-bond donors (Lipinski definition) is 3. The van der Waals surface area contributed by atoms with Crippen LogP contribution < -0.4 is 17.1 Å². The second-order valence-electron chi connectivity index (χ2n) is 7.49. The van der Waals surface area contributed by atoms with E-state index in [1.54, 1.807) is 17.0 Å². The average molecular weight is 384 g/mol. The van der Waals surface area contributed by atoms with Gasteiger partial charge < -0.3 is 20.7 Å². The highest BCUT2D eigenvalue weighted by molar-refractivity contribution is 6.34. The number of hydrazone groups is 1. The molecule has 1 unspecified atom stereocenters. The number of amides is 1. The van der Waals surface area contributed by atoms with Gasteiger partial charge in [-0.1, -0.05) is 17.7 Å². The van der Waals surface area contributed by atoms with Gasteiger partial charge in [0.15, 0.2) is 5.84 Å². The molecule has 0 spiro atoms. The van der Waals surface area contributed by atoms with Crippen molar-refractivity contribution in [3.05, 3.63) is 34.3 Å². The molecule has 1 aliphatic heterocycles. The summed E-state index contributed by atoms with van der Waals surface area (Å²) in [6.45, 7) is 9.42. The molecule has 1 amide bonds. The maximum absolute atomic E-state index is 12.8. The van der Waals surface area contributed by atoms with Crippen LogP contribution in [0, 0.1) is 0 Å². The third-order valence-corrected chi connectivity index (χ3v) is 4.30. The van der Waals surface area contributed by atoms with Gasteiger partial charge in [-0.25, -0.2) is 10.6 Å². The topological polar surface area (TPSA) is 115 Å². The van der Waals surface area contributed by atoms with Gasteiger partial charge in [-0.2, -0.15) is 5.10 Å². The molecule has 1 fully saturated rings. The van der Waals surface area contributed by atoms with Gasteiger partial charge in [0.2, 0.25) is 0 Å². The molecule has 1 heterocycles. The Labute approximate surface area is 158 Å². The molecule has 2 rings (SSSR count). The van der Waals surface area contributed by atoms with Crippen LogP contribution in [0.3, 0.4) is 0 Å². The standard InChI is InChI=1S/C17H26ClN5O3/c1-16(2,3)26-15(24)23-13(9-25-17(23,4)5)10-6-7-12(18)11(8-10)14(21-19)22-20/h6-8,13H,9,19-20H2,1-5H3,(H,21,22). The summed E-state index contributed by atoms with van der Waals surface area (Å²) in [5, 5.41) is 4.02. The van der Waals surface area contributed by atoms with Crippen LogP contribution in [0.15, 0.2) is 23.3 Å². The van der Waals surface area contributed by atoms with E-state index < -0.39 is 17.4 Å². The molecule has 144 valence electrons. The zero-order valence-electron chi connectivity index (χ0n) is 15.7. The smallest absolute Gasteiger partial charge is 0.413 e. The summed E-state index contributed by atoms with van der Waals surface area (Å²) in [4.78, 5) is 14.4. The Kier molecular flexibility index (Phi) is 5.70. The highest BCUT2D eigenvalue weighted by Crippen LogP contribution is 2.38. The van der Waals surface area contributed by atoms with E-state index in [2.05, 4.69) is 10.5 Å². The number of benzene rings is 1. The monoisotopic (exact) mass is 383 g/mol. The minimum atomic E-state index is -0.816. The first-order valence-corrected chi connectivity index (χ1v) is 8.58. The molecular formula is C17H26ClN5O3. The molecule has 1 aromatic carbocycles. The van der Waals surface area contributed by atoms with Gasteiger partial charge in [0, 0.05) is 5.56 Å². The fourth-order valence-electron chi connectivity index (χ4n) is 2.82. The number of ether oxygens (including phenoxy) is 2. The number of amidine groups is 1. The number of nitrogens with one attached hydrogen (secondary N) is 1. The molecule has 1 saturated heterocycles. The molecule has 8 nitrogen and oxygen atoms in total. The Bertz CT molecular complexity index is 715. The second-order valence-corrected chi connectivity index (χ2v) is 7.89. The van der Waals surface area contributed by atoms with Gasteiger partial charge in [-0.3, -0.25) is 4.90 Å². The molecule has 1 atom stereocenters. The van der Waals surface area contributed by atoms with Gasteiger partial charge in [0.25, 0.3) is 0 Å². The molecule has 1 aromatic rings. The highest BCUT2D eigenvalue weighted by atomic mass is 35.5. The van der Waals surface area contributed by atoms with Crippen LogP contribution in [0.5, 0.6) is 0 Å². The van der Waals surface area contributed by atoms with Crippen molar-refractivity contribution in [3.8, 4) is 0 Å². The lowest BCUT2D eigenvalue weighted by Gasteiger charge is -2.35. The zero-order chi connectivity index (χ0) is 19.7. The SMILES string of the molecule is CC(C)(C)OC(=O)N1C(c2ccc(Cl)c(/C(=N/N)NN)c2)COC1(C)C. The van der Waals surface area contributed by atoms with Crippen LogP contribution >= 0.6 is 11.6 Å². The molecule has 0 aromatic heterocycles. The number of carbonyl (C=O) groups is 1. The number of rotatable bonds is 2. The van der Waals surface area contributed by atoms with E-state index in [1.165, 1.54) is 0 Å². The van der Waals surface area contributed by atoms with Crippen molar-refractivity contribution >= 4 is 23.5 Å². The Balaban J connectivity index is 2.43. The summed E-state index contributed by atoms with van der Waals surface area (Å²) in [5.74, 6) is 11.0. The van der Waals surface area contributed by atoms with Crippen LogP contribution in [0.4, 0.5) is 4.79 Å². The maximum Gasteiger partial charge on any atom is 0.413 e. The van der Waals surface area contributed by atoms with E-state index in [0.717, 1.165) is 5.56 Å². The van der Waals surface area contributed by atoms with Crippen molar-refractivity contribution in [2.24, 2.45) is 16.8 Å². The van der Waals surface area contributed by atoms with Crippen molar-refractivity contribution < 1.29 is 14.3 Å². The summed E-state index contributed by atoms with van der Waals surface area (Å²) in [5.41, 5.74) is 2.31. The lowest BCUT2D eigenvalue weighted by Crippen LogP contribution is -2.47. The van der Waals surface area contributed by atoms with Gasteiger partial charge in [0.1, 0.15) is 11.3 Å². The normalized spacial score (nSPS) is 20.2. The predicted octanol–water partition coefficient (Wildman–Crippen LogP) is 2.47. The molecule has 5 N–H and O–H groups in total. The molecule has 0 bridgehead atoms. The van der Waals surface area contributed by atoms with Crippen molar-refractivity contribution in [3.63, 3.8) is 0 Å². The molecule has 1 aliphatic rings.